The Hall–Kier alpha value is -0.640. The zero-order chi connectivity index (χ0) is 11.4. The normalized spacial score (nSPS) is 13.7. The number of aliphatic carboxylic acids is 1. The van der Waals surface area contributed by atoms with Gasteiger partial charge in [0.05, 0.1) is 6.16 Å². The van der Waals surface area contributed by atoms with Gasteiger partial charge in [0.25, 0.3) is 0 Å². The number of carbonyl (C=O) groups is 1. The first kappa shape index (κ1) is 13.4. The predicted molar refractivity (Wildman–Crippen MR) is 52.2 cm³/mol. The lowest BCUT2D eigenvalue weighted by atomic mass is 10.1. The first-order chi connectivity index (χ1) is 6.31. The Labute approximate surface area is 82.6 Å². The number of carboxylic acids is 1. The molecule has 0 heterocycles. The summed E-state index contributed by atoms with van der Waals surface area (Å²) in [5, 5.41) is 8.76. The minimum atomic E-state index is -4.17. The number of carboxylic acid groups (broad SMARTS) is 1. The van der Waals surface area contributed by atoms with E-state index in [-0.39, 0.29) is 12.0 Å². The van der Waals surface area contributed by atoms with Crippen LogP contribution in [-0.4, -0.2) is 27.0 Å². The quantitative estimate of drug-likeness (QED) is 0.482. The second kappa shape index (κ2) is 5.29. The smallest absolute Gasteiger partial charge is 0.331 e. The molecule has 14 heavy (non-hydrogen) atoms. The average molecular weight is 222 g/mol. The maximum Gasteiger partial charge on any atom is 0.331 e. The highest BCUT2D eigenvalue weighted by molar-refractivity contribution is 7.52. The molecule has 0 amide bonds. The van der Waals surface area contributed by atoms with Crippen LogP contribution in [-0.2, 0) is 9.36 Å². The lowest BCUT2D eigenvalue weighted by Gasteiger charge is -2.10. The highest BCUT2D eigenvalue weighted by Crippen LogP contribution is 2.38. The van der Waals surface area contributed by atoms with Crippen molar-refractivity contribution in [2.24, 2.45) is 0 Å². The van der Waals surface area contributed by atoms with Gasteiger partial charge in [-0.25, -0.2) is 4.79 Å². The van der Waals surface area contributed by atoms with Crippen molar-refractivity contribution in [3.63, 3.8) is 0 Å². The van der Waals surface area contributed by atoms with Crippen LogP contribution in [0.25, 0.3) is 0 Å². The summed E-state index contributed by atoms with van der Waals surface area (Å²) < 4.78 is 10.7. The van der Waals surface area contributed by atoms with Crippen LogP contribution >= 0.6 is 7.60 Å². The summed E-state index contributed by atoms with van der Waals surface area (Å²) in [5.41, 5.74) is 0.434. The fourth-order valence-electron chi connectivity index (χ4n) is 1.22. The van der Waals surface area contributed by atoms with Crippen LogP contribution in [0.15, 0.2) is 11.1 Å². The third kappa shape index (κ3) is 4.56. The summed E-state index contributed by atoms with van der Waals surface area (Å²) in [6, 6.07) is 0. The van der Waals surface area contributed by atoms with Gasteiger partial charge in [-0.1, -0.05) is 13.8 Å². The molecule has 0 bridgehead atoms. The van der Waals surface area contributed by atoms with Gasteiger partial charge in [-0.15, -0.1) is 0 Å². The molecule has 0 fully saturated rings. The molecular formula is C8H15O5P. The monoisotopic (exact) mass is 222 g/mol. The van der Waals surface area contributed by atoms with E-state index in [1.807, 2.05) is 0 Å². The molecule has 0 aromatic rings. The van der Waals surface area contributed by atoms with Gasteiger partial charge in [0.1, 0.15) is 0 Å². The standard InChI is InChI=1S/C8H15O5P/c1-3-6(5-14(11,12)13)7(4-2)8(9)10/h3-5H2,1-2H3,(H,9,10)(H2,11,12,13)/b7-6+. The molecule has 0 saturated heterocycles. The minimum absolute atomic E-state index is 0.107. The maximum absolute atomic E-state index is 10.7. The number of allylic oxidation sites excluding steroid dienone is 1. The second-order valence-electron chi connectivity index (χ2n) is 2.92. The van der Waals surface area contributed by atoms with E-state index in [1.165, 1.54) is 0 Å². The molecule has 0 aromatic carbocycles. The van der Waals surface area contributed by atoms with Gasteiger partial charge in [-0.2, -0.15) is 0 Å². The molecule has 0 aromatic heterocycles. The zero-order valence-electron chi connectivity index (χ0n) is 8.23. The molecule has 0 spiro atoms. The summed E-state index contributed by atoms with van der Waals surface area (Å²) in [5.74, 6) is -1.10. The number of rotatable bonds is 5. The second-order valence-corrected chi connectivity index (χ2v) is 4.56. The molecule has 0 atom stereocenters. The first-order valence-electron chi connectivity index (χ1n) is 4.30. The van der Waals surface area contributed by atoms with Gasteiger partial charge >= 0.3 is 13.6 Å². The van der Waals surface area contributed by atoms with Crippen molar-refractivity contribution >= 4 is 13.6 Å². The molecular weight excluding hydrogens is 207 g/mol. The van der Waals surface area contributed by atoms with E-state index < -0.39 is 19.7 Å². The molecule has 0 aliphatic carbocycles. The van der Waals surface area contributed by atoms with Crippen molar-refractivity contribution in [3.8, 4) is 0 Å². The van der Waals surface area contributed by atoms with Crippen molar-refractivity contribution < 1.29 is 24.3 Å². The predicted octanol–water partition coefficient (Wildman–Crippen LogP) is 1.37. The lowest BCUT2D eigenvalue weighted by molar-refractivity contribution is -0.132. The third-order valence-corrected chi connectivity index (χ3v) is 2.66. The third-order valence-electron chi connectivity index (χ3n) is 1.86. The van der Waals surface area contributed by atoms with E-state index in [0.717, 1.165) is 0 Å². The number of hydrogen-bond donors (Lipinski definition) is 3. The molecule has 82 valence electrons. The van der Waals surface area contributed by atoms with Gasteiger partial charge in [0.2, 0.25) is 0 Å². The topological polar surface area (TPSA) is 94.8 Å². The highest BCUT2D eigenvalue weighted by Gasteiger charge is 2.20. The fraction of sp³-hybridized carbons (Fsp3) is 0.625. The molecule has 6 heteroatoms. The van der Waals surface area contributed by atoms with Crippen LogP contribution in [0.1, 0.15) is 26.7 Å². The van der Waals surface area contributed by atoms with Crippen LogP contribution in [0.3, 0.4) is 0 Å². The van der Waals surface area contributed by atoms with E-state index in [1.54, 1.807) is 13.8 Å². The summed E-state index contributed by atoms with van der Waals surface area (Å²) in [7, 11) is -4.17. The molecule has 0 unspecified atom stereocenters. The Morgan fingerprint density at radius 2 is 1.71 bits per heavy atom. The van der Waals surface area contributed by atoms with Gasteiger partial charge in [-0.3, -0.25) is 4.57 Å². The highest BCUT2D eigenvalue weighted by atomic mass is 31.2. The number of hydrogen-bond acceptors (Lipinski definition) is 2. The molecule has 0 radical (unpaired) electrons. The summed E-state index contributed by atoms with van der Waals surface area (Å²) in [6.07, 6.45) is 0.165. The molecule has 0 aliphatic rings. The molecule has 5 nitrogen and oxygen atoms in total. The SMILES string of the molecule is CC/C(CP(=O)(O)O)=C(/CC)C(=O)O. The van der Waals surface area contributed by atoms with Crippen LogP contribution in [0.2, 0.25) is 0 Å². The fourth-order valence-corrected chi connectivity index (χ4v) is 2.13. The van der Waals surface area contributed by atoms with Crippen LogP contribution in [0.4, 0.5) is 0 Å². The minimum Gasteiger partial charge on any atom is -0.478 e. The van der Waals surface area contributed by atoms with Crippen molar-refractivity contribution in [2.75, 3.05) is 6.16 Å². The zero-order valence-corrected chi connectivity index (χ0v) is 9.12. The van der Waals surface area contributed by atoms with Crippen molar-refractivity contribution in [1.29, 1.82) is 0 Å². The van der Waals surface area contributed by atoms with E-state index in [2.05, 4.69) is 0 Å². The Kier molecular flexibility index (Phi) is 5.05. The molecule has 0 saturated carbocycles. The lowest BCUT2D eigenvalue weighted by Crippen LogP contribution is -2.06. The van der Waals surface area contributed by atoms with Crippen LogP contribution in [0.5, 0.6) is 0 Å². The molecule has 0 aliphatic heterocycles. The Morgan fingerprint density at radius 1 is 1.21 bits per heavy atom. The van der Waals surface area contributed by atoms with Crippen LogP contribution < -0.4 is 0 Å². The summed E-state index contributed by atoms with van der Waals surface area (Å²) >= 11 is 0. The van der Waals surface area contributed by atoms with E-state index in [9.17, 15) is 9.36 Å². The van der Waals surface area contributed by atoms with E-state index >= 15 is 0 Å². The Balaban J connectivity index is 5.00. The van der Waals surface area contributed by atoms with Gasteiger partial charge < -0.3 is 14.9 Å². The van der Waals surface area contributed by atoms with Crippen LogP contribution in [0, 0.1) is 0 Å². The van der Waals surface area contributed by atoms with Gasteiger partial charge in [0, 0.05) is 5.57 Å². The maximum atomic E-state index is 10.7. The summed E-state index contributed by atoms with van der Waals surface area (Å²) in [4.78, 5) is 28.2. The summed E-state index contributed by atoms with van der Waals surface area (Å²) in [6.45, 7) is 3.34. The largest absolute Gasteiger partial charge is 0.478 e. The Bertz CT molecular complexity index is 288. The van der Waals surface area contributed by atoms with E-state index in [4.69, 9.17) is 14.9 Å². The van der Waals surface area contributed by atoms with Gasteiger partial charge in [0.15, 0.2) is 0 Å². The molecule has 3 N–H and O–H groups in total. The van der Waals surface area contributed by atoms with E-state index in [0.29, 0.717) is 12.0 Å². The van der Waals surface area contributed by atoms with Crippen molar-refractivity contribution in [3.05, 3.63) is 11.1 Å². The Morgan fingerprint density at radius 3 is 1.93 bits per heavy atom. The average Bonchev–Trinajstić information content (AvgIpc) is 2.00. The van der Waals surface area contributed by atoms with Gasteiger partial charge in [-0.05, 0) is 18.4 Å². The molecule has 0 rings (SSSR count). The van der Waals surface area contributed by atoms with Crippen molar-refractivity contribution in [2.45, 2.75) is 26.7 Å². The first-order valence-corrected chi connectivity index (χ1v) is 6.10. The van der Waals surface area contributed by atoms with Crippen molar-refractivity contribution in [1.82, 2.24) is 0 Å².